The molecule has 1 unspecified atom stereocenters. The van der Waals surface area contributed by atoms with Gasteiger partial charge in [-0.2, -0.15) is 13.9 Å². The van der Waals surface area contributed by atoms with Gasteiger partial charge in [0, 0.05) is 27.3 Å². The normalized spacial score (nSPS) is 15.6. The molecule has 1 saturated carbocycles. The fourth-order valence-electron chi connectivity index (χ4n) is 4.77. The van der Waals surface area contributed by atoms with E-state index in [4.69, 9.17) is 4.74 Å². The molecule has 4 rings (SSSR count). The molecule has 2 aromatic heterocycles. The van der Waals surface area contributed by atoms with Gasteiger partial charge in [-0.15, -0.1) is 0 Å². The molecule has 3 aromatic rings. The van der Waals surface area contributed by atoms with Crippen LogP contribution in [0.1, 0.15) is 54.8 Å². The van der Waals surface area contributed by atoms with Crippen LogP contribution in [0.3, 0.4) is 0 Å². The number of nitrogens with zero attached hydrogens (tertiary/aromatic N) is 4. The third kappa shape index (κ3) is 4.85. The molecule has 2 heterocycles. The minimum Gasteiger partial charge on any atom is -0.504 e. The molecule has 13 heteroatoms. The van der Waals surface area contributed by atoms with Crippen LogP contribution in [0, 0.1) is 5.41 Å². The number of carbonyl (C=O) groups is 1. The van der Waals surface area contributed by atoms with Gasteiger partial charge in [0.15, 0.2) is 17.2 Å². The molecule has 1 aliphatic carbocycles. The molecule has 0 spiro atoms. The number of aryl methyl sites for hydroxylation is 1. The Morgan fingerprint density at radius 1 is 1.22 bits per heavy atom. The van der Waals surface area contributed by atoms with Crippen LogP contribution in [0.4, 0.5) is 25.8 Å². The maximum Gasteiger partial charge on any atom is 0.387 e. The number of hydrogen-bond donors (Lipinski definition) is 3. The number of nitrogens with one attached hydrogen (secondary N) is 2. The van der Waals surface area contributed by atoms with Gasteiger partial charge < -0.3 is 25.4 Å². The third-order valence-electron chi connectivity index (χ3n) is 6.75. The van der Waals surface area contributed by atoms with Crippen molar-refractivity contribution in [2.24, 2.45) is 12.5 Å². The Hall–Kier alpha value is -4.03. The highest BCUT2D eigenvalue weighted by Gasteiger charge is 2.42. The van der Waals surface area contributed by atoms with Crippen molar-refractivity contribution in [2.75, 3.05) is 24.7 Å². The molecule has 0 saturated heterocycles. The quantitative estimate of drug-likeness (QED) is 0.365. The molecule has 1 amide bonds. The topological polar surface area (TPSA) is 139 Å². The van der Waals surface area contributed by atoms with Crippen LogP contribution in [-0.2, 0) is 7.05 Å². The summed E-state index contributed by atoms with van der Waals surface area (Å²) in [6.07, 6.45) is 5.87. The summed E-state index contributed by atoms with van der Waals surface area (Å²) in [6, 6.07) is 0.622. The summed E-state index contributed by atoms with van der Waals surface area (Å²) in [5.74, 6) is -1.17. The number of ether oxygens (including phenoxy) is 1. The number of anilines is 3. The van der Waals surface area contributed by atoms with Crippen molar-refractivity contribution in [1.82, 2.24) is 19.7 Å². The predicted octanol–water partition coefficient (Wildman–Crippen LogP) is 2.90. The summed E-state index contributed by atoms with van der Waals surface area (Å²) in [6.45, 7) is -1.11. The number of hydrogen-bond acceptors (Lipinski definition) is 9. The van der Waals surface area contributed by atoms with E-state index in [9.17, 15) is 28.3 Å². The molecule has 0 aliphatic heterocycles. The fraction of sp³-hybridized carbons (Fsp3) is 0.458. The summed E-state index contributed by atoms with van der Waals surface area (Å²) in [5, 5.41) is 20.8. The van der Waals surface area contributed by atoms with Gasteiger partial charge in [0.1, 0.15) is 17.1 Å². The first kappa shape index (κ1) is 26.0. The lowest BCUT2D eigenvalue weighted by atomic mass is 9.78. The Kier molecular flexibility index (Phi) is 6.89. The zero-order valence-electron chi connectivity index (χ0n) is 20.8. The Labute approximate surface area is 210 Å². The van der Waals surface area contributed by atoms with Gasteiger partial charge in [0.25, 0.3) is 16.8 Å². The molecule has 1 fully saturated rings. The van der Waals surface area contributed by atoms with Gasteiger partial charge >= 0.3 is 6.61 Å². The Balaban J connectivity index is 1.72. The van der Waals surface area contributed by atoms with Gasteiger partial charge in [-0.25, -0.2) is 4.98 Å². The first-order valence-electron chi connectivity index (χ1n) is 11.7. The first-order valence-corrected chi connectivity index (χ1v) is 11.7. The number of carbonyl (C=O) groups excluding carboxylic acids is 1. The first-order chi connectivity index (χ1) is 17.4. The van der Waals surface area contributed by atoms with Crippen molar-refractivity contribution in [3.63, 3.8) is 0 Å². The SMILES string of the molecule is CN(C)C(=O)c1nccc(Nc2c(NC(c3nn(C)cc3OC(F)F)C3(C)CCCC3)c(=O)c2=O)c1O. The molecule has 0 bridgehead atoms. The average molecular weight is 519 g/mol. The number of aromatic nitrogens is 3. The summed E-state index contributed by atoms with van der Waals surface area (Å²) < 4.78 is 32.3. The van der Waals surface area contributed by atoms with E-state index in [1.165, 1.54) is 42.1 Å². The van der Waals surface area contributed by atoms with Crippen LogP contribution < -0.4 is 26.2 Å². The van der Waals surface area contributed by atoms with Gasteiger partial charge in [0.2, 0.25) is 0 Å². The van der Waals surface area contributed by atoms with E-state index >= 15 is 0 Å². The van der Waals surface area contributed by atoms with Crippen LogP contribution in [0.15, 0.2) is 28.0 Å². The summed E-state index contributed by atoms with van der Waals surface area (Å²) >= 11 is 0. The minimum absolute atomic E-state index is 0.00135. The van der Waals surface area contributed by atoms with E-state index in [1.807, 2.05) is 6.92 Å². The Morgan fingerprint density at radius 3 is 2.49 bits per heavy atom. The van der Waals surface area contributed by atoms with Crippen LogP contribution >= 0.6 is 0 Å². The van der Waals surface area contributed by atoms with E-state index in [1.54, 1.807) is 7.05 Å². The lowest BCUT2D eigenvalue weighted by molar-refractivity contribution is -0.0509. The number of rotatable bonds is 9. The number of aromatic hydroxyl groups is 1. The van der Waals surface area contributed by atoms with Crippen LogP contribution in [0.2, 0.25) is 0 Å². The van der Waals surface area contributed by atoms with Gasteiger partial charge in [-0.05, 0) is 24.3 Å². The van der Waals surface area contributed by atoms with Crippen LogP contribution in [0.5, 0.6) is 11.5 Å². The standard InChI is InChI=1S/C24H28F2N6O5/c1-24(8-5-6-9-24)21(14-13(37-23(25)26)11-32(4)30-14)29-16-15(19(34)20(16)35)28-12-7-10-27-17(18(12)33)22(36)31(2)3/h7,10-11,21,23,29,33H,5-6,8-9H2,1-4H3,(H,27,28). The Bertz CT molecular complexity index is 1390. The van der Waals surface area contributed by atoms with Crippen molar-refractivity contribution in [1.29, 1.82) is 0 Å². The molecular weight excluding hydrogens is 490 g/mol. The van der Waals surface area contributed by atoms with Gasteiger partial charge in [-0.1, -0.05) is 19.8 Å². The highest BCUT2D eigenvalue weighted by atomic mass is 19.3. The molecule has 198 valence electrons. The highest BCUT2D eigenvalue weighted by Crippen LogP contribution is 2.50. The van der Waals surface area contributed by atoms with Crippen molar-refractivity contribution in [2.45, 2.75) is 45.3 Å². The number of pyridine rings is 1. The van der Waals surface area contributed by atoms with Gasteiger partial charge in [0.05, 0.1) is 17.9 Å². The molecule has 11 nitrogen and oxygen atoms in total. The van der Waals surface area contributed by atoms with E-state index in [0.29, 0.717) is 0 Å². The van der Waals surface area contributed by atoms with Crippen molar-refractivity contribution in [3.05, 3.63) is 50.3 Å². The van der Waals surface area contributed by atoms with Gasteiger partial charge in [-0.3, -0.25) is 19.1 Å². The van der Waals surface area contributed by atoms with E-state index in [0.717, 1.165) is 25.7 Å². The van der Waals surface area contributed by atoms with Crippen molar-refractivity contribution >= 4 is 23.0 Å². The largest absolute Gasteiger partial charge is 0.504 e. The summed E-state index contributed by atoms with van der Waals surface area (Å²) in [7, 11) is 4.56. The zero-order chi connectivity index (χ0) is 27.1. The molecule has 1 aliphatic rings. The maximum atomic E-state index is 13.1. The molecular formula is C24H28F2N6O5. The molecule has 37 heavy (non-hydrogen) atoms. The number of halogens is 2. The highest BCUT2D eigenvalue weighted by molar-refractivity contribution is 5.97. The maximum absolute atomic E-state index is 13.1. The van der Waals surface area contributed by atoms with E-state index in [-0.39, 0.29) is 34.2 Å². The smallest absolute Gasteiger partial charge is 0.387 e. The third-order valence-corrected chi connectivity index (χ3v) is 6.75. The van der Waals surface area contributed by atoms with E-state index < -0.39 is 40.6 Å². The molecule has 1 atom stereocenters. The monoisotopic (exact) mass is 518 g/mol. The lowest BCUT2D eigenvalue weighted by Crippen LogP contribution is -2.40. The lowest BCUT2D eigenvalue weighted by Gasteiger charge is -2.35. The van der Waals surface area contributed by atoms with Crippen LogP contribution in [-0.4, -0.2) is 51.4 Å². The second-order valence-electron chi connectivity index (χ2n) is 9.66. The number of alkyl halides is 2. The summed E-state index contributed by atoms with van der Waals surface area (Å²) in [4.78, 5) is 42.6. The zero-order valence-corrected chi connectivity index (χ0v) is 20.8. The molecule has 3 N–H and O–H groups in total. The number of amides is 1. The Morgan fingerprint density at radius 2 is 1.86 bits per heavy atom. The molecule has 0 radical (unpaired) electrons. The second kappa shape index (κ2) is 9.79. The van der Waals surface area contributed by atoms with Crippen molar-refractivity contribution in [3.8, 4) is 11.5 Å². The van der Waals surface area contributed by atoms with Crippen molar-refractivity contribution < 1.29 is 23.4 Å². The second-order valence-corrected chi connectivity index (χ2v) is 9.66. The fourth-order valence-corrected chi connectivity index (χ4v) is 4.77. The summed E-state index contributed by atoms with van der Waals surface area (Å²) in [5.41, 5.74) is -2.37. The van der Waals surface area contributed by atoms with Crippen LogP contribution in [0.25, 0.3) is 0 Å². The predicted molar refractivity (Wildman–Crippen MR) is 131 cm³/mol. The average Bonchev–Trinajstić information content (AvgIpc) is 3.43. The minimum atomic E-state index is -3.07. The van der Waals surface area contributed by atoms with E-state index in [2.05, 4.69) is 20.7 Å². The molecule has 1 aromatic carbocycles.